The molecule has 134 valence electrons. The molecule has 3 heterocycles. The van der Waals surface area contributed by atoms with Gasteiger partial charge in [-0.3, -0.25) is 10.1 Å². The predicted octanol–water partition coefficient (Wildman–Crippen LogP) is 2.68. The van der Waals surface area contributed by atoms with Gasteiger partial charge in [0.2, 0.25) is 0 Å². The molecule has 0 spiro atoms. The monoisotopic (exact) mass is 343 g/mol. The third-order valence-electron chi connectivity index (χ3n) is 4.31. The maximum Gasteiger partial charge on any atom is 0.317 e. The maximum absolute atomic E-state index is 12.0. The van der Waals surface area contributed by atoms with Gasteiger partial charge >= 0.3 is 6.03 Å². The number of nitrogens with zero attached hydrogens (tertiary/aromatic N) is 3. The molecule has 1 fully saturated rings. The minimum absolute atomic E-state index is 0.0352. The summed E-state index contributed by atoms with van der Waals surface area (Å²) < 4.78 is 5.87. The first-order chi connectivity index (χ1) is 12.1. The van der Waals surface area contributed by atoms with Gasteiger partial charge in [0.05, 0.1) is 24.2 Å². The molecule has 1 aliphatic heterocycles. The lowest BCUT2D eigenvalue weighted by Crippen LogP contribution is -2.47. The second kappa shape index (κ2) is 8.00. The van der Waals surface area contributed by atoms with Crippen LogP contribution in [0.25, 0.3) is 11.4 Å². The number of nitrogens with one attached hydrogen (secondary N) is 2. The molecule has 25 heavy (non-hydrogen) atoms. The standard InChI is InChI=1S/C18H25N5O2/c1-13(2)21-18(24)23-9-6-14(7-10-23)12-25-15-3-4-16(19-11-15)17-5-8-20-22-17/h3-5,8,11,13-14H,6-7,9-10,12H2,1-2H3,(H,20,22)(H,21,24). The molecule has 7 heteroatoms. The van der Waals surface area contributed by atoms with Gasteiger partial charge in [0, 0.05) is 25.3 Å². The topological polar surface area (TPSA) is 83.1 Å². The van der Waals surface area contributed by atoms with Gasteiger partial charge in [-0.2, -0.15) is 5.10 Å². The smallest absolute Gasteiger partial charge is 0.317 e. The normalized spacial score (nSPS) is 15.4. The van der Waals surface area contributed by atoms with Gasteiger partial charge < -0.3 is 15.0 Å². The number of ether oxygens (including phenoxy) is 1. The molecule has 0 aliphatic carbocycles. The lowest BCUT2D eigenvalue weighted by Gasteiger charge is -2.32. The van der Waals surface area contributed by atoms with E-state index in [4.69, 9.17) is 4.74 Å². The Morgan fingerprint density at radius 2 is 2.16 bits per heavy atom. The van der Waals surface area contributed by atoms with E-state index in [0.29, 0.717) is 12.5 Å². The van der Waals surface area contributed by atoms with Crippen LogP contribution in [-0.2, 0) is 0 Å². The number of H-pyrrole nitrogens is 1. The van der Waals surface area contributed by atoms with E-state index in [1.165, 1.54) is 0 Å². The number of rotatable bonds is 5. The quantitative estimate of drug-likeness (QED) is 0.874. The van der Waals surface area contributed by atoms with Crippen LogP contribution in [0.1, 0.15) is 26.7 Å². The number of pyridine rings is 1. The van der Waals surface area contributed by atoms with Crippen LogP contribution in [-0.4, -0.2) is 51.9 Å². The van der Waals surface area contributed by atoms with Crippen LogP contribution < -0.4 is 10.1 Å². The number of likely N-dealkylation sites (tertiary alicyclic amines) is 1. The fourth-order valence-electron chi connectivity index (χ4n) is 2.88. The summed E-state index contributed by atoms with van der Waals surface area (Å²) in [5.41, 5.74) is 1.73. The summed E-state index contributed by atoms with van der Waals surface area (Å²) in [7, 11) is 0. The molecule has 2 N–H and O–H groups in total. The van der Waals surface area contributed by atoms with Crippen molar-refractivity contribution in [3.8, 4) is 17.1 Å². The highest BCUT2D eigenvalue weighted by Crippen LogP contribution is 2.21. The average Bonchev–Trinajstić information content (AvgIpc) is 3.15. The zero-order valence-electron chi connectivity index (χ0n) is 14.7. The van der Waals surface area contributed by atoms with E-state index >= 15 is 0 Å². The van der Waals surface area contributed by atoms with Gasteiger partial charge in [-0.25, -0.2) is 4.79 Å². The number of carbonyl (C=O) groups is 1. The predicted molar refractivity (Wildman–Crippen MR) is 95.3 cm³/mol. The largest absolute Gasteiger partial charge is 0.492 e. The summed E-state index contributed by atoms with van der Waals surface area (Å²) in [6.07, 6.45) is 5.37. The highest BCUT2D eigenvalue weighted by molar-refractivity contribution is 5.74. The average molecular weight is 343 g/mol. The SMILES string of the molecule is CC(C)NC(=O)N1CCC(COc2ccc(-c3ccn[nH]3)nc2)CC1. The van der Waals surface area contributed by atoms with Crippen LogP contribution >= 0.6 is 0 Å². The Morgan fingerprint density at radius 1 is 1.36 bits per heavy atom. The highest BCUT2D eigenvalue weighted by atomic mass is 16.5. The lowest BCUT2D eigenvalue weighted by atomic mass is 9.98. The van der Waals surface area contributed by atoms with E-state index in [2.05, 4.69) is 20.5 Å². The summed E-state index contributed by atoms with van der Waals surface area (Å²) in [6.45, 7) is 6.17. The number of hydrogen-bond acceptors (Lipinski definition) is 4. The number of hydrogen-bond donors (Lipinski definition) is 2. The first-order valence-corrected chi connectivity index (χ1v) is 8.76. The van der Waals surface area contributed by atoms with Crippen molar-refractivity contribution in [1.29, 1.82) is 0 Å². The van der Waals surface area contributed by atoms with Gasteiger partial charge in [-0.15, -0.1) is 0 Å². The zero-order valence-corrected chi connectivity index (χ0v) is 14.7. The van der Waals surface area contributed by atoms with Gasteiger partial charge in [-0.05, 0) is 50.8 Å². The number of piperidine rings is 1. The van der Waals surface area contributed by atoms with Crippen LogP contribution in [0.5, 0.6) is 5.75 Å². The minimum Gasteiger partial charge on any atom is -0.492 e. The summed E-state index contributed by atoms with van der Waals surface area (Å²) in [5, 5.41) is 9.76. The third-order valence-corrected chi connectivity index (χ3v) is 4.31. The van der Waals surface area contributed by atoms with E-state index < -0.39 is 0 Å². The molecule has 7 nitrogen and oxygen atoms in total. The van der Waals surface area contributed by atoms with E-state index in [-0.39, 0.29) is 12.1 Å². The molecule has 0 atom stereocenters. The van der Waals surface area contributed by atoms with Crippen LogP contribution in [0.4, 0.5) is 4.79 Å². The number of amides is 2. The first kappa shape index (κ1) is 17.3. The molecule has 2 amide bonds. The second-order valence-electron chi connectivity index (χ2n) is 6.70. The van der Waals surface area contributed by atoms with Crippen molar-refractivity contribution in [3.05, 3.63) is 30.6 Å². The Kier molecular flexibility index (Phi) is 5.53. The van der Waals surface area contributed by atoms with Gasteiger partial charge in [0.1, 0.15) is 5.75 Å². The zero-order chi connectivity index (χ0) is 17.6. The summed E-state index contributed by atoms with van der Waals surface area (Å²) in [6, 6.07) is 5.93. The van der Waals surface area contributed by atoms with Crippen molar-refractivity contribution < 1.29 is 9.53 Å². The van der Waals surface area contributed by atoms with Crippen molar-refractivity contribution in [2.24, 2.45) is 5.92 Å². The van der Waals surface area contributed by atoms with Crippen LogP contribution in [0, 0.1) is 5.92 Å². The highest BCUT2D eigenvalue weighted by Gasteiger charge is 2.23. The second-order valence-corrected chi connectivity index (χ2v) is 6.70. The Labute approximate surface area is 147 Å². The minimum atomic E-state index is 0.0352. The van der Waals surface area contributed by atoms with E-state index in [0.717, 1.165) is 43.1 Å². The molecule has 0 radical (unpaired) electrons. The Balaban J connectivity index is 1.43. The molecule has 0 saturated carbocycles. The molecule has 2 aromatic heterocycles. The number of aromatic nitrogens is 3. The molecule has 0 unspecified atom stereocenters. The molecule has 3 rings (SSSR count). The first-order valence-electron chi connectivity index (χ1n) is 8.76. The summed E-state index contributed by atoms with van der Waals surface area (Å²) in [5.74, 6) is 1.23. The summed E-state index contributed by atoms with van der Waals surface area (Å²) in [4.78, 5) is 18.3. The fraction of sp³-hybridized carbons (Fsp3) is 0.500. The van der Waals surface area contributed by atoms with E-state index in [1.807, 2.05) is 36.9 Å². The number of carbonyl (C=O) groups excluding carboxylic acids is 1. The number of urea groups is 1. The molecular formula is C18H25N5O2. The number of aromatic amines is 1. The molecular weight excluding hydrogens is 318 g/mol. The van der Waals surface area contributed by atoms with E-state index in [9.17, 15) is 4.79 Å². The summed E-state index contributed by atoms with van der Waals surface area (Å²) >= 11 is 0. The Morgan fingerprint density at radius 3 is 2.76 bits per heavy atom. The lowest BCUT2D eigenvalue weighted by molar-refractivity contribution is 0.144. The Bertz CT molecular complexity index is 661. The van der Waals surface area contributed by atoms with Crippen molar-refractivity contribution in [2.45, 2.75) is 32.7 Å². The Hall–Kier alpha value is -2.57. The molecule has 0 aromatic carbocycles. The van der Waals surface area contributed by atoms with Crippen molar-refractivity contribution in [1.82, 2.24) is 25.4 Å². The fourth-order valence-corrected chi connectivity index (χ4v) is 2.88. The van der Waals surface area contributed by atoms with Crippen molar-refractivity contribution in [3.63, 3.8) is 0 Å². The van der Waals surface area contributed by atoms with Crippen LogP contribution in [0.2, 0.25) is 0 Å². The van der Waals surface area contributed by atoms with Gasteiger partial charge in [0.15, 0.2) is 0 Å². The van der Waals surface area contributed by atoms with Crippen molar-refractivity contribution in [2.75, 3.05) is 19.7 Å². The molecule has 1 aliphatic rings. The third kappa shape index (κ3) is 4.71. The molecule has 2 aromatic rings. The van der Waals surface area contributed by atoms with Gasteiger partial charge in [-0.1, -0.05) is 0 Å². The van der Waals surface area contributed by atoms with Crippen LogP contribution in [0.3, 0.4) is 0 Å². The van der Waals surface area contributed by atoms with Gasteiger partial charge in [0.25, 0.3) is 0 Å². The molecule has 0 bridgehead atoms. The van der Waals surface area contributed by atoms with Crippen molar-refractivity contribution >= 4 is 6.03 Å². The molecule has 1 saturated heterocycles. The van der Waals surface area contributed by atoms with E-state index in [1.54, 1.807) is 12.4 Å². The van der Waals surface area contributed by atoms with Crippen LogP contribution in [0.15, 0.2) is 30.6 Å². The maximum atomic E-state index is 12.0.